The first-order chi connectivity index (χ1) is 14.1. The van der Waals surface area contributed by atoms with Crippen LogP contribution >= 0.6 is 11.6 Å². The molecule has 3 aromatic carbocycles. The maximum Gasteiger partial charge on any atom is 0.339 e. The molecule has 0 radical (unpaired) electrons. The van der Waals surface area contributed by atoms with E-state index < -0.39 is 5.97 Å². The number of hydrogen-bond donors (Lipinski definition) is 1. The van der Waals surface area contributed by atoms with Crippen molar-refractivity contribution in [1.82, 2.24) is 0 Å². The Bertz CT molecular complexity index is 934. The van der Waals surface area contributed by atoms with E-state index in [4.69, 9.17) is 16.3 Å². The number of carbonyl (C=O) groups is 2. The number of benzene rings is 3. The van der Waals surface area contributed by atoms with Gasteiger partial charge >= 0.3 is 5.97 Å². The van der Waals surface area contributed by atoms with Crippen molar-refractivity contribution in [2.75, 3.05) is 11.9 Å². The quantitative estimate of drug-likeness (QED) is 0.513. The first-order valence-electron chi connectivity index (χ1n) is 9.45. The van der Waals surface area contributed by atoms with Gasteiger partial charge < -0.3 is 10.1 Å². The molecule has 0 atom stereocenters. The fourth-order valence-electron chi connectivity index (χ4n) is 3.16. The highest BCUT2D eigenvalue weighted by atomic mass is 35.5. The molecular formula is C24H22ClNO3. The predicted octanol–water partition coefficient (Wildman–Crippen LogP) is 5.68. The monoisotopic (exact) mass is 407 g/mol. The van der Waals surface area contributed by atoms with Gasteiger partial charge in [-0.15, -0.1) is 0 Å². The number of nitrogens with one attached hydrogen (secondary N) is 1. The van der Waals surface area contributed by atoms with E-state index in [0.717, 1.165) is 11.1 Å². The highest BCUT2D eigenvalue weighted by Gasteiger charge is 2.19. The Morgan fingerprint density at radius 1 is 0.931 bits per heavy atom. The largest absolute Gasteiger partial charge is 0.462 e. The minimum absolute atomic E-state index is 0.0748. The van der Waals surface area contributed by atoms with Crippen LogP contribution in [0.15, 0.2) is 78.9 Å². The number of rotatable bonds is 7. The van der Waals surface area contributed by atoms with E-state index in [0.29, 0.717) is 5.69 Å². The SMILES string of the molecule is CCOC(=O)c1cc(NC(=O)CC(c2ccccc2)c2ccccc2)ccc1Cl. The first kappa shape index (κ1) is 20.6. The average molecular weight is 408 g/mol. The molecule has 0 aliphatic carbocycles. The maximum atomic E-state index is 12.8. The van der Waals surface area contributed by atoms with Crippen LogP contribution in [-0.4, -0.2) is 18.5 Å². The average Bonchev–Trinajstić information content (AvgIpc) is 2.75. The number of ether oxygens (including phenoxy) is 1. The van der Waals surface area contributed by atoms with Gasteiger partial charge in [0.2, 0.25) is 5.91 Å². The summed E-state index contributed by atoms with van der Waals surface area (Å²) in [5.41, 5.74) is 2.87. The molecule has 1 N–H and O–H groups in total. The van der Waals surface area contributed by atoms with E-state index >= 15 is 0 Å². The van der Waals surface area contributed by atoms with Crippen LogP contribution in [0.1, 0.15) is 40.7 Å². The Labute approximate surface area is 175 Å². The molecule has 0 heterocycles. The van der Waals surface area contributed by atoms with Gasteiger partial charge in [-0.05, 0) is 36.2 Å². The lowest BCUT2D eigenvalue weighted by Crippen LogP contribution is -2.17. The molecule has 5 heteroatoms. The zero-order chi connectivity index (χ0) is 20.6. The molecule has 4 nitrogen and oxygen atoms in total. The molecule has 0 aliphatic heterocycles. The molecule has 148 valence electrons. The topological polar surface area (TPSA) is 55.4 Å². The van der Waals surface area contributed by atoms with Gasteiger partial charge in [0.25, 0.3) is 0 Å². The normalized spacial score (nSPS) is 10.6. The Kier molecular flexibility index (Phi) is 7.04. The van der Waals surface area contributed by atoms with Gasteiger partial charge in [-0.25, -0.2) is 4.79 Å². The molecule has 3 rings (SSSR count). The lowest BCUT2D eigenvalue weighted by molar-refractivity contribution is -0.116. The number of halogens is 1. The third kappa shape index (κ3) is 5.46. The fourth-order valence-corrected chi connectivity index (χ4v) is 3.36. The standard InChI is InChI=1S/C24H22ClNO3/c1-2-29-24(28)21-15-19(13-14-22(21)25)26-23(27)16-20(17-9-5-3-6-10-17)18-11-7-4-8-12-18/h3-15,20H,2,16H2,1H3,(H,26,27). The maximum absolute atomic E-state index is 12.8. The summed E-state index contributed by atoms with van der Waals surface area (Å²) >= 11 is 6.09. The van der Waals surface area contributed by atoms with Gasteiger partial charge in [-0.1, -0.05) is 72.3 Å². The van der Waals surface area contributed by atoms with Gasteiger partial charge in [0.1, 0.15) is 0 Å². The van der Waals surface area contributed by atoms with Gasteiger partial charge in [0.05, 0.1) is 17.2 Å². The molecule has 29 heavy (non-hydrogen) atoms. The van der Waals surface area contributed by atoms with Crippen molar-refractivity contribution in [3.8, 4) is 0 Å². The minimum atomic E-state index is -0.514. The Hall–Kier alpha value is -3.11. The number of esters is 1. The summed E-state index contributed by atoms with van der Waals surface area (Å²) in [5, 5.41) is 3.16. The molecule has 0 bridgehead atoms. The lowest BCUT2D eigenvalue weighted by Gasteiger charge is -2.18. The Morgan fingerprint density at radius 2 is 1.52 bits per heavy atom. The summed E-state index contributed by atoms with van der Waals surface area (Å²) in [7, 11) is 0. The molecule has 0 unspecified atom stereocenters. The van der Waals surface area contributed by atoms with E-state index in [1.165, 1.54) is 6.07 Å². The molecule has 3 aromatic rings. The van der Waals surface area contributed by atoms with E-state index in [1.807, 2.05) is 60.7 Å². The van der Waals surface area contributed by atoms with Gasteiger partial charge in [0.15, 0.2) is 0 Å². The summed E-state index contributed by atoms with van der Waals surface area (Å²) in [4.78, 5) is 24.8. The van der Waals surface area contributed by atoms with Crippen LogP contribution in [0.5, 0.6) is 0 Å². The summed E-state index contributed by atoms with van der Waals surface area (Å²) in [6, 6.07) is 24.6. The predicted molar refractivity (Wildman–Crippen MR) is 115 cm³/mol. The van der Waals surface area contributed by atoms with Crippen LogP contribution < -0.4 is 5.32 Å². The van der Waals surface area contributed by atoms with Crippen LogP contribution in [0.3, 0.4) is 0 Å². The van der Waals surface area contributed by atoms with E-state index in [1.54, 1.807) is 19.1 Å². The van der Waals surface area contributed by atoms with E-state index in [2.05, 4.69) is 5.32 Å². The second-order valence-corrected chi connectivity index (χ2v) is 6.95. The number of anilines is 1. The van der Waals surface area contributed by atoms with Crippen molar-refractivity contribution in [3.05, 3.63) is 101 Å². The second kappa shape index (κ2) is 9.89. The number of amides is 1. The zero-order valence-corrected chi connectivity index (χ0v) is 16.9. The van der Waals surface area contributed by atoms with Crippen molar-refractivity contribution in [3.63, 3.8) is 0 Å². The molecule has 0 saturated carbocycles. The highest BCUT2D eigenvalue weighted by Crippen LogP contribution is 2.29. The van der Waals surface area contributed by atoms with E-state index in [-0.39, 0.29) is 35.4 Å². The number of hydrogen-bond acceptors (Lipinski definition) is 3. The van der Waals surface area contributed by atoms with E-state index in [9.17, 15) is 9.59 Å². The van der Waals surface area contributed by atoms with Crippen molar-refractivity contribution in [2.45, 2.75) is 19.3 Å². The summed E-state index contributed by atoms with van der Waals surface area (Å²) < 4.78 is 5.01. The van der Waals surface area contributed by atoms with Crippen LogP contribution in [0, 0.1) is 0 Å². The molecule has 0 fully saturated rings. The molecule has 0 saturated heterocycles. The molecular weight excluding hydrogens is 386 g/mol. The van der Waals surface area contributed by atoms with Crippen molar-refractivity contribution >= 4 is 29.2 Å². The minimum Gasteiger partial charge on any atom is -0.462 e. The Balaban J connectivity index is 1.79. The van der Waals surface area contributed by atoms with Crippen molar-refractivity contribution in [2.24, 2.45) is 0 Å². The summed E-state index contributed by atoms with van der Waals surface area (Å²) in [6.45, 7) is 1.98. The van der Waals surface area contributed by atoms with Gasteiger partial charge in [0, 0.05) is 18.0 Å². The van der Waals surface area contributed by atoms with Crippen LogP contribution in [-0.2, 0) is 9.53 Å². The third-order valence-corrected chi connectivity index (χ3v) is 4.87. The fraction of sp³-hybridized carbons (Fsp3) is 0.167. The first-order valence-corrected chi connectivity index (χ1v) is 9.82. The number of carbonyl (C=O) groups excluding carboxylic acids is 2. The molecule has 0 aliphatic rings. The van der Waals surface area contributed by atoms with Crippen molar-refractivity contribution < 1.29 is 14.3 Å². The van der Waals surface area contributed by atoms with Gasteiger partial charge in [-0.3, -0.25) is 4.79 Å². The van der Waals surface area contributed by atoms with Crippen LogP contribution in [0.4, 0.5) is 5.69 Å². The smallest absolute Gasteiger partial charge is 0.339 e. The highest BCUT2D eigenvalue weighted by molar-refractivity contribution is 6.33. The lowest BCUT2D eigenvalue weighted by atomic mass is 9.88. The zero-order valence-electron chi connectivity index (χ0n) is 16.1. The molecule has 0 aromatic heterocycles. The molecule has 0 spiro atoms. The third-order valence-electron chi connectivity index (χ3n) is 4.54. The van der Waals surface area contributed by atoms with Crippen LogP contribution in [0.25, 0.3) is 0 Å². The summed E-state index contributed by atoms with van der Waals surface area (Å²) in [6.07, 6.45) is 0.269. The van der Waals surface area contributed by atoms with Crippen LogP contribution in [0.2, 0.25) is 5.02 Å². The van der Waals surface area contributed by atoms with Gasteiger partial charge in [-0.2, -0.15) is 0 Å². The summed E-state index contributed by atoms with van der Waals surface area (Å²) in [5.74, 6) is -0.742. The second-order valence-electron chi connectivity index (χ2n) is 6.54. The molecule has 1 amide bonds. The van der Waals surface area contributed by atoms with Crippen molar-refractivity contribution in [1.29, 1.82) is 0 Å². The Morgan fingerprint density at radius 3 is 2.07 bits per heavy atom.